The van der Waals surface area contributed by atoms with Gasteiger partial charge in [0, 0.05) is 12.5 Å². The Bertz CT molecular complexity index is 557. The molecule has 0 radical (unpaired) electrons. The molecule has 0 fully saturated rings. The first-order valence-electron chi connectivity index (χ1n) is 7.32. The van der Waals surface area contributed by atoms with Crippen LogP contribution in [0.1, 0.15) is 11.7 Å². The zero-order chi connectivity index (χ0) is 15.9. The Balaban J connectivity index is 2.06. The van der Waals surface area contributed by atoms with Gasteiger partial charge in [0.25, 0.3) is 0 Å². The summed E-state index contributed by atoms with van der Waals surface area (Å²) < 4.78 is 18.8. The molecule has 4 heteroatoms. The molecule has 2 rings (SSSR count). The summed E-state index contributed by atoms with van der Waals surface area (Å²) in [4.78, 5) is 2.01. The Kier molecular flexibility index (Phi) is 5.92. The Morgan fingerprint density at radius 3 is 2.27 bits per heavy atom. The van der Waals surface area contributed by atoms with Crippen LogP contribution in [0.2, 0.25) is 0 Å². The van der Waals surface area contributed by atoms with Gasteiger partial charge in [-0.3, -0.25) is 0 Å². The van der Waals surface area contributed by atoms with Crippen LogP contribution in [0.4, 0.5) is 4.39 Å². The number of ether oxygens (including phenoxy) is 1. The van der Waals surface area contributed by atoms with Gasteiger partial charge in [-0.25, -0.2) is 4.39 Å². The summed E-state index contributed by atoms with van der Waals surface area (Å²) >= 11 is 0. The largest absolute Gasteiger partial charge is 0.493 e. The topological polar surface area (TPSA) is 32.7 Å². The van der Waals surface area contributed by atoms with Crippen LogP contribution in [0.3, 0.4) is 0 Å². The van der Waals surface area contributed by atoms with Crippen molar-refractivity contribution in [1.82, 2.24) is 4.90 Å². The molecule has 0 spiro atoms. The average molecular weight is 303 g/mol. The van der Waals surface area contributed by atoms with Gasteiger partial charge >= 0.3 is 0 Å². The number of benzene rings is 2. The Morgan fingerprint density at radius 1 is 1.05 bits per heavy atom. The summed E-state index contributed by atoms with van der Waals surface area (Å²) in [5, 5.41) is 10.6. The molecule has 0 saturated heterocycles. The molecule has 0 bridgehead atoms. The lowest BCUT2D eigenvalue weighted by Gasteiger charge is -2.26. The van der Waals surface area contributed by atoms with Crippen molar-refractivity contribution < 1.29 is 14.2 Å². The smallest absolute Gasteiger partial charge is 0.123 e. The third kappa shape index (κ3) is 4.83. The predicted molar refractivity (Wildman–Crippen MR) is 85.3 cm³/mol. The highest BCUT2D eigenvalue weighted by Crippen LogP contribution is 2.24. The molecule has 3 nitrogen and oxygen atoms in total. The molecule has 0 aliphatic heterocycles. The molecule has 0 aromatic heterocycles. The third-order valence-corrected chi connectivity index (χ3v) is 3.46. The molecule has 0 aliphatic rings. The summed E-state index contributed by atoms with van der Waals surface area (Å²) in [5.74, 6) is 0.360. The van der Waals surface area contributed by atoms with Crippen LogP contribution >= 0.6 is 0 Å². The van der Waals surface area contributed by atoms with Gasteiger partial charge in [0.2, 0.25) is 0 Å². The second kappa shape index (κ2) is 7.92. The number of hydrogen-bond acceptors (Lipinski definition) is 3. The number of rotatable bonds is 7. The van der Waals surface area contributed by atoms with Gasteiger partial charge in [0.1, 0.15) is 11.6 Å². The van der Waals surface area contributed by atoms with E-state index in [1.807, 2.05) is 49.3 Å². The number of halogens is 1. The SMILES string of the molecule is CN(C)CC(COc1ccccc1)C(O)c1ccc(F)cc1. The fourth-order valence-corrected chi connectivity index (χ4v) is 2.36. The Morgan fingerprint density at radius 2 is 1.68 bits per heavy atom. The lowest BCUT2D eigenvalue weighted by molar-refractivity contribution is 0.0584. The van der Waals surface area contributed by atoms with Crippen molar-refractivity contribution in [3.63, 3.8) is 0 Å². The number of aliphatic hydroxyl groups is 1. The highest BCUT2D eigenvalue weighted by Gasteiger charge is 2.22. The molecule has 22 heavy (non-hydrogen) atoms. The quantitative estimate of drug-likeness (QED) is 0.853. The van der Waals surface area contributed by atoms with Crippen LogP contribution in [0.5, 0.6) is 5.75 Å². The van der Waals surface area contributed by atoms with Crippen molar-refractivity contribution in [2.75, 3.05) is 27.2 Å². The van der Waals surface area contributed by atoms with Crippen molar-refractivity contribution in [3.8, 4) is 5.75 Å². The van der Waals surface area contributed by atoms with Crippen LogP contribution in [-0.4, -0.2) is 37.3 Å². The molecular weight excluding hydrogens is 281 g/mol. The van der Waals surface area contributed by atoms with Crippen molar-refractivity contribution in [1.29, 1.82) is 0 Å². The van der Waals surface area contributed by atoms with Gasteiger partial charge < -0.3 is 14.7 Å². The maximum Gasteiger partial charge on any atom is 0.123 e. The van der Waals surface area contributed by atoms with E-state index in [-0.39, 0.29) is 11.7 Å². The summed E-state index contributed by atoms with van der Waals surface area (Å²) in [6.07, 6.45) is -0.702. The highest BCUT2D eigenvalue weighted by molar-refractivity contribution is 5.22. The molecule has 2 aromatic rings. The second-order valence-corrected chi connectivity index (χ2v) is 5.64. The van der Waals surface area contributed by atoms with Gasteiger partial charge in [-0.1, -0.05) is 30.3 Å². The molecule has 2 unspecified atom stereocenters. The molecule has 1 N–H and O–H groups in total. The van der Waals surface area contributed by atoms with E-state index in [2.05, 4.69) is 0 Å². The lowest BCUT2D eigenvalue weighted by Crippen LogP contribution is -2.31. The van der Waals surface area contributed by atoms with E-state index in [1.54, 1.807) is 12.1 Å². The van der Waals surface area contributed by atoms with Gasteiger partial charge in [-0.2, -0.15) is 0 Å². The molecule has 2 atom stereocenters. The lowest BCUT2D eigenvalue weighted by atomic mass is 9.96. The standard InChI is InChI=1S/C18H22FNO2/c1-20(2)12-15(13-22-17-6-4-3-5-7-17)18(21)14-8-10-16(19)11-9-14/h3-11,15,18,21H,12-13H2,1-2H3. The van der Waals surface area contributed by atoms with E-state index in [0.29, 0.717) is 18.7 Å². The highest BCUT2D eigenvalue weighted by atomic mass is 19.1. The van der Waals surface area contributed by atoms with Gasteiger partial charge in [-0.15, -0.1) is 0 Å². The normalized spacial score (nSPS) is 13.9. The van der Waals surface area contributed by atoms with Crippen molar-refractivity contribution in [2.24, 2.45) is 5.92 Å². The first kappa shape index (κ1) is 16.5. The minimum atomic E-state index is -0.702. The summed E-state index contributed by atoms with van der Waals surface area (Å²) in [7, 11) is 3.90. The average Bonchev–Trinajstić information content (AvgIpc) is 2.52. The van der Waals surface area contributed by atoms with Crippen molar-refractivity contribution >= 4 is 0 Å². The van der Waals surface area contributed by atoms with Gasteiger partial charge in [0.05, 0.1) is 12.7 Å². The fraction of sp³-hybridized carbons (Fsp3) is 0.333. The van der Waals surface area contributed by atoms with Crippen LogP contribution in [0, 0.1) is 11.7 Å². The van der Waals surface area contributed by atoms with E-state index in [1.165, 1.54) is 12.1 Å². The number of aliphatic hydroxyl groups excluding tert-OH is 1. The fourth-order valence-electron chi connectivity index (χ4n) is 2.36. The molecule has 0 amide bonds. The third-order valence-electron chi connectivity index (χ3n) is 3.46. The van der Waals surface area contributed by atoms with Crippen LogP contribution < -0.4 is 4.74 Å². The van der Waals surface area contributed by atoms with E-state index < -0.39 is 6.10 Å². The summed E-state index contributed by atoms with van der Waals surface area (Å²) in [6, 6.07) is 15.5. The first-order valence-corrected chi connectivity index (χ1v) is 7.32. The minimum absolute atomic E-state index is 0.110. The van der Waals surface area contributed by atoms with E-state index >= 15 is 0 Å². The predicted octanol–water partition coefficient (Wildman–Crippen LogP) is 3.12. The van der Waals surface area contributed by atoms with Crippen LogP contribution in [0.15, 0.2) is 54.6 Å². The van der Waals surface area contributed by atoms with E-state index in [0.717, 1.165) is 5.75 Å². The number of nitrogens with zero attached hydrogens (tertiary/aromatic N) is 1. The van der Waals surface area contributed by atoms with Gasteiger partial charge in [0.15, 0.2) is 0 Å². The monoisotopic (exact) mass is 303 g/mol. The van der Waals surface area contributed by atoms with Crippen LogP contribution in [0.25, 0.3) is 0 Å². The Hall–Kier alpha value is -1.91. The second-order valence-electron chi connectivity index (χ2n) is 5.64. The summed E-state index contributed by atoms with van der Waals surface area (Å²) in [5.41, 5.74) is 0.699. The molecule has 0 saturated carbocycles. The minimum Gasteiger partial charge on any atom is -0.493 e. The summed E-state index contributed by atoms with van der Waals surface area (Å²) in [6.45, 7) is 1.06. The maximum absolute atomic E-state index is 13.0. The zero-order valence-electron chi connectivity index (χ0n) is 12.9. The number of hydrogen-bond donors (Lipinski definition) is 1. The molecule has 118 valence electrons. The molecule has 2 aromatic carbocycles. The van der Waals surface area contributed by atoms with Crippen molar-refractivity contribution in [3.05, 3.63) is 66.0 Å². The number of para-hydroxylation sites is 1. The van der Waals surface area contributed by atoms with E-state index in [9.17, 15) is 9.50 Å². The van der Waals surface area contributed by atoms with Crippen molar-refractivity contribution in [2.45, 2.75) is 6.10 Å². The first-order chi connectivity index (χ1) is 10.6. The molecule has 0 heterocycles. The Labute approximate surface area is 131 Å². The van der Waals surface area contributed by atoms with Gasteiger partial charge in [-0.05, 0) is 43.9 Å². The molecular formula is C18H22FNO2. The maximum atomic E-state index is 13.0. The van der Waals surface area contributed by atoms with Crippen LogP contribution in [-0.2, 0) is 0 Å². The van der Waals surface area contributed by atoms with E-state index in [4.69, 9.17) is 4.74 Å². The zero-order valence-corrected chi connectivity index (χ0v) is 12.9. The molecule has 0 aliphatic carbocycles.